The van der Waals surface area contributed by atoms with Crippen LogP contribution < -0.4 is 4.90 Å². The van der Waals surface area contributed by atoms with E-state index in [1.54, 1.807) is 0 Å². The van der Waals surface area contributed by atoms with Gasteiger partial charge >= 0.3 is 0 Å². The van der Waals surface area contributed by atoms with E-state index in [1.165, 1.54) is 5.56 Å². The molecule has 18 heavy (non-hydrogen) atoms. The van der Waals surface area contributed by atoms with Crippen LogP contribution in [-0.2, 0) is 12.8 Å². The Bertz CT molecular complexity index is 589. The molecule has 4 rings (SSSR count). The number of aryl methyl sites for hydroxylation is 1. The van der Waals surface area contributed by atoms with Crippen molar-refractivity contribution in [1.29, 1.82) is 0 Å². The molecule has 3 aliphatic rings. The minimum atomic E-state index is 0.222. The minimum absolute atomic E-state index is 0.222. The van der Waals surface area contributed by atoms with Crippen LogP contribution in [-0.4, -0.2) is 24.7 Å². The van der Waals surface area contributed by atoms with Gasteiger partial charge in [0.1, 0.15) is 0 Å². The van der Waals surface area contributed by atoms with Crippen LogP contribution in [0.25, 0.3) is 0 Å². The van der Waals surface area contributed by atoms with Crippen molar-refractivity contribution >= 4 is 17.3 Å². The summed E-state index contributed by atoms with van der Waals surface area (Å²) in [6.45, 7) is 1.91. The van der Waals surface area contributed by atoms with Crippen molar-refractivity contribution in [1.82, 2.24) is 0 Å². The number of hydrogen-bond donors (Lipinski definition) is 0. The van der Waals surface area contributed by atoms with Crippen molar-refractivity contribution in [2.24, 2.45) is 0 Å². The monoisotopic (exact) mass is 241 g/mol. The smallest absolute Gasteiger partial charge is 0.167 e. The summed E-state index contributed by atoms with van der Waals surface area (Å²) in [7, 11) is 0. The van der Waals surface area contributed by atoms with Crippen molar-refractivity contribution in [2.45, 2.75) is 32.1 Å². The van der Waals surface area contributed by atoms with E-state index < -0.39 is 0 Å². The Balaban J connectivity index is 2.06. The molecule has 0 aromatic heterocycles. The molecule has 0 N–H and O–H groups in total. The summed E-state index contributed by atoms with van der Waals surface area (Å²) in [4.78, 5) is 26.5. The van der Waals surface area contributed by atoms with Crippen LogP contribution in [0.4, 0.5) is 5.69 Å². The zero-order valence-corrected chi connectivity index (χ0v) is 10.3. The number of ketones is 2. The molecule has 0 bridgehead atoms. The van der Waals surface area contributed by atoms with Crippen molar-refractivity contribution in [3.63, 3.8) is 0 Å². The lowest BCUT2D eigenvalue weighted by Crippen LogP contribution is -2.37. The molecular formula is C15H15NO2. The molecule has 1 aromatic rings. The average Bonchev–Trinajstić information content (AvgIpc) is 2.75. The van der Waals surface area contributed by atoms with E-state index in [9.17, 15) is 9.59 Å². The van der Waals surface area contributed by atoms with Gasteiger partial charge in [-0.1, -0.05) is 0 Å². The van der Waals surface area contributed by atoms with E-state index in [2.05, 4.69) is 11.0 Å². The fourth-order valence-electron chi connectivity index (χ4n) is 3.66. The molecule has 92 valence electrons. The average molecular weight is 241 g/mol. The molecule has 0 spiro atoms. The highest BCUT2D eigenvalue weighted by atomic mass is 16.1. The second-order valence-electron chi connectivity index (χ2n) is 5.47. The molecule has 3 nitrogen and oxygen atoms in total. The van der Waals surface area contributed by atoms with Gasteiger partial charge in [0, 0.05) is 37.1 Å². The fourth-order valence-corrected chi connectivity index (χ4v) is 3.66. The normalized spacial score (nSPS) is 21.0. The van der Waals surface area contributed by atoms with Crippen molar-refractivity contribution in [2.75, 3.05) is 18.0 Å². The lowest BCUT2D eigenvalue weighted by Gasteiger charge is -2.37. The number of carbonyl (C=O) groups excluding carboxylic acids is 2. The van der Waals surface area contributed by atoms with E-state index >= 15 is 0 Å². The van der Waals surface area contributed by atoms with Crippen LogP contribution in [0.15, 0.2) is 6.07 Å². The Morgan fingerprint density at radius 1 is 0.944 bits per heavy atom. The van der Waals surface area contributed by atoms with Gasteiger partial charge < -0.3 is 4.90 Å². The van der Waals surface area contributed by atoms with Gasteiger partial charge in [-0.2, -0.15) is 0 Å². The largest absolute Gasteiger partial charge is 0.370 e. The second-order valence-corrected chi connectivity index (χ2v) is 5.47. The van der Waals surface area contributed by atoms with Gasteiger partial charge in [-0.3, -0.25) is 9.59 Å². The quantitative estimate of drug-likeness (QED) is 0.698. The SMILES string of the molecule is O=C1CCc2c1cc1c3c2C(=O)CCN3CCC1. The third kappa shape index (κ3) is 1.19. The molecule has 1 aliphatic carbocycles. The van der Waals surface area contributed by atoms with Crippen LogP contribution in [0.5, 0.6) is 0 Å². The maximum absolute atomic E-state index is 12.3. The van der Waals surface area contributed by atoms with Gasteiger partial charge in [-0.05, 0) is 36.5 Å². The summed E-state index contributed by atoms with van der Waals surface area (Å²) < 4.78 is 0. The van der Waals surface area contributed by atoms with E-state index in [0.717, 1.165) is 54.7 Å². The summed E-state index contributed by atoms with van der Waals surface area (Å²) in [6, 6.07) is 2.06. The number of carbonyl (C=O) groups is 2. The Morgan fingerprint density at radius 2 is 1.83 bits per heavy atom. The third-order valence-electron chi connectivity index (χ3n) is 4.47. The van der Waals surface area contributed by atoms with E-state index in [0.29, 0.717) is 12.8 Å². The molecule has 0 saturated carbocycles. The van der Waals surface area contributed by atoms with Gasteiger partial charge in [-0.15, -0.1) is 0 Å². The first-order valence-electron chi connectivity index (χ1n) is 6.76. The Hall–Kier alpha value is -1.64. The number of rotatable bonds is 0. The maximum Gasteiger partial charge on any atom is 0.167 e. The van der Waals surface area contributed by atoms with Gasteiger partial charge in [0.25, 0.3) is 0 Å². The number of nitrogens with zero attached hydrogens (tertiary/aromatic N) is 1. The zero-order chi connectivity index (χ0) is 12.3. The van der Waals surface area contributed by atoms with Crippen LogP contribution in [0.2, 0.25) is 0 Å². The van der Waals surface area contributed by atoms with Crippen molar-refractivity contribution in [3.05, 3.63) is 28.3 Å². The van der Waals surface area contributed by atoms with Crippen LogP contribution in [0, 0.1) is 0 Å². The van der Waals surface area contributed by atoms with Crippen molar-refractivity contribution < 1.29 is 9.59 Å². The van der Waals surface area contributed by atoms with Crippen LogP contribution in [0.3, 0.4) is 0 Å². The molecule has 0 fully saturated rings. The fraction of sp³-hybridized carbons (Fsp3) is 0.467. The Morgan fingerprint density at radius 3 is 2.72 bits per heavy atom. The number of Topliss-reactive ketones (excluding diaryl/α,β-unsaturated/α-hetero) is 2. The first-order valence-corrected chi connectivity index (χ1v) is 6.76. The first kappa shape index (κ1) is 10.3. The van der Waals surface area contributed by atoms with Gasteiger partial charge in [0.15, 0.2) is 11.6 Å². The maximum atomic E-state index is 12.3. The highest BCUT2D eigenvalue weighted by Crippen LogP contribution is 2.41. The number of anilines is 1. The van der Waals surface area contributed by atoms with Crippen molar-refractivity contribution in [3.8, 4) is 0 Å². The van der Waals surface area contributed by atoms with E-state index in [1.807, 2.05) is 0 Å². The molecule has 2 aliphatic heterocycles. The summed E-state index contributed by atoms with van der Waals surface area (Å²) in [5.41, 5.74) is 5.14. The summed E-state index contributed by atoms with van der Waals surface area (Å²) in [5, 5.41) is 0. The predicted molar refractivity (Wildman–Crippen MR) is 68.6 cm³/mol. The second kappa shape index (κ2) is 3.44. The Labute approximate surface area is 106 Å². The summed E-state index contributed by atoms with van der Waals surface area (Å²) >= 11 is 0. The van der Waals surface area contributed by atoms with Crippen LogP contribution in [0.1, 0.15) is 51.1 Å². The molecule has 0 amide bonds. The third-order valence-corrected chi connectivity index (χ3v) is 4.47. The first-order chi connectivity index (χ1) is 8.75. The number of hydrogen-bond acceptors (Lipinski definition) is 3. The lowest BCUT2D eigenvalue weighted by molar-refractivity contribution is 0.0976. The van der Waals surface area contributed by atoms with E-state index in [4.69, 9.17) is 0 Å². The molecule has 0 radical (unpaired) electrons. The standard InChI is InChI=1S/C15H15NO2/c17-12-4-3-10-11(12)8-9-2-1-6-16-7-5-13(18)14(10)15(9)16/h8H,1-7H2. The molecule has 0 atom stereocenters. The summed E-state index contributed by atoms with van der Waals surface area (Å²) in [6.07, 6.45) is 4.09. The van der Waals surface area contributed by atoms with Gasteiger partial charge in [0.2, 0.25) is 0 Å². The molecular weight excluding hydrogens is 226 g/mol. The highest BCUT2D eigenvalue weighted by Gasteiger charge is 2.35. The molecule has 3 heteroatoms. The number of benzene rings is 1. The van der Waals surface area contributed by atoms with Gasteiger partial charge in [0.05, 0.1) is 5.69 Å². The minimum Gasteiger partial charge on any atom is -0.370 e. The van der Waals surface area contributed by atoms with Crippen LogP contribution >= 0.6 is 0 Å². The molecule has 0 unspecified atom stereocenters. The molecule has 2 heterocycles. The Kier molecular flexibility index (Phi) is 1.97. The van der Waals surface area contributed by atoms with Gasteiger partial charge in [-0.25, -0.2) is 0 Å². The number of fused-ring (bicyclic) bond motifs is 2. The lowest BCUT2D eigenvalue weighted by atomic mass is 9.86. The summed E-state index contributed by atoms with van der Waals surface area (Å²) in [5.74, 6) is 0.468. The topological polar surface area (TPSA) is 37.4 Å². The predicted octanol–water partition coefficient (Wildman–Crippen LogP) is 2.15. The highest BCUT2D eigenvalue weighted by molar-refractivity contribution is 6.11. The zero-order valence-electron chi connectivity index (χ0n) is 10.3. The van der Waals surface area contributed by atoms with E-state index in [-0.39, 0.29) is 11.6 Å². The molecule has 0 saturated heterocycles. The molecule has 1 aromatic carbocycles.